The highest BCUT2D eigenvalue weighted by Gasteiger charge is 2.10. The van der Waals surface area contributed by atoms with Crippen LogP contribution in [0.15, 0.2) is 42.5 Å². The number of rotatable bonds is 3. The van der Waals surface area contributed by atoms with Gasteiger partial charge in [0.25, 0.3) is 0 Å². The van der Waals surface area contributed by atoms with Crippen molar-refractivity contribution >= 4 is 17.2 Å². The Balaban J connectivity index is 2.43. The van der Waals surface area contributed by atoms with Crippen molar-refractivity contribution in [1.29, 1.82) is 5.26 Å². The maximum absolute atomic E-state index is 8.96. The van der Waals surface area contributed by atoms with E-state index in [9.17, 15) is 0 Å². The third-order valence-corrected chi connectivity index (χ3v) is 2.68. The molecule has 90 valence electrons. The molecule has 0 amide bonds. The van der Waals surface area contributed by atoms with Crippen LogP contribution in [-0.4, -0.2) is 11.5 Å². The summed E-state index contributed by atoms with van der Waals surface area (Å²) in [5, 5.41) is 8.96. The molecule has 1 aromatic carbocycles. The first kappa shape index (κ1) is 11.9. The first-order chi connectivity index (χ1) is 8.76. The average Bonchev–Trinajstić information content (AvgIpc) is 2.42. The van der Waals surface area contributed by atoms with E-state index in [1.54, 1.807) is 6.07 Å². The van der Waals surface area contributed by atoms with Gasteiger partial charge in [0, 0.05) is 12.2 Å². The monoisotopic (exact) mass is 238 g/mol. The fourth-order valence-corrected chi connectivity index (χ4v) is 1.78. The van der Waals surface area contributed by atoms with Gasteiger partial charge in [0.05, 0.1) is 5.69 Å². The Hall–Kier alpha value is -2.54. The van der Waals surface area contributed by atoms with Crippen LogP contribution in [0.3, 0.4) is 0 Å². The van der Waals surface area contributed by atoms with Gasteiger partial charge in [-0.05, 0) is 31.2 Å². The molecule has 18 heavy (non-hydrogen) atoms. The summed E-state index contributed by atoms with van der Waals surface area (Å²) in [7, 11) is 0. The van der Waals surface area contributed by atoms with Crippen LogP contribution in [0, 0.1) is 11.3 Å². The van der Waals surface area contributed by atoms with Gasteiger partial charge in [-0.25, -0.2) is 4.98 Å². The lowest BCUT2D eigenvalue weighted by molar-refractivity contribution is 0.987. The highest BCUT2D eigenvalue weighted by molar-refractivity contribution is 5.63. The number of nitriles is 1. The predicted molar refractivity (Wildman–Crippen MR) is 72.5 cm³/mol. The van der Waals surface area contributed by atoms with Crippen LogP contribution in [0.4, 0.5) is 17.2 Å². The van der Waals surface area contributed by atoms with E-state index in [0.29, 0.717) is 5.69 Å². The van der Waals surface area contributed by atoms with Crippen LogP contribution >= 0.6 is 0 Å². The molecule has 2 rings (SSSR count). The molecule has 0 aliphatic heterocycles. The van der Waals surface area contributed by atoms with E-state index in [1.165, 1.54) is 0 Å². The van der Waals surface area contributed by atoms with E-state index in [4.69, 9.17) is 11.0 Å². The molecule has 2 aromatic rings. The number of benzene rings is 1. The molecule has 4 heteroatoms. The molecule has 0 unspecified atom stereocenters. The molecule has 1 heterocycles. The van der Waals surface area contributed by atoms with Gasteiger partial charge in [0.2, 0.25) is 0 Å². The number of anilines is 3. The number of nitrogens with zero attached hydrogens (tertiary/aromatic N) is 3. The van der Waals surface area contributed by atoms with Crippen molar-refractivity contribution in [2.75, 3.05) is 17.2 Å². The molecule has 0 fully saturated rings. The lowest BCUT2D eigenvalue weighted by atomic mass is 10.2. The zero-order chi connectivity index (χ0) is 13.0. The van der Waals surface area contributed by atoms with Crippen LogP contribution in [0.2, 0.25) is 0 Å². The number of para-hydroxylation sites is 1. The second-order valence-corrected chi connectivity index (χ2v) is 3.80. The number of nitrogen functional groups attached to an aromatic ring is 1. The molecular formula is C14H14N4. The Morgan fingerprint density at radius 2 is 1.94 bits per heavy atom. The third kappa shape index (κ3) is 2.25. The summed E-state index contributed by atoms with van der Waals surface area (Å²) in [6, 6.07) is 15.5. The van der Waals surface area contributed by atoms with Gasteiger partial charge in [0.1, 0.15) is 11.9 Å². The quantitative estimate of drug-likeness (QED) is 0.892. The minimum atomic E-state index is 0.266. The number of hydrogen-bond donors (Lipinski definition) is 1. The van der Waals surface area contributed by atoms with Crippen molar-refractivity contribution in [3.8, 4) is 6.07 Å². The van der Waals surface area contributed by atoms with E-state index >= 15 is 0 Å². The highest BCUT2D eigenvalue weighted by atomic mass is 15.2. The molecule has 0 aliphatic carbocycles. The summed E-state index contributed by atoms with van der Waals surface area (Å²) >= 11 is 0. The number of nitrogens with two attached hydrogens (primary N) is 1. The summed E-state index contributed by atoms with van der Waals surface area (Å²) < 4.78 is 0. The number of pyridine rings is 1. The minimum absolute atomic E-state index is 0.266. The van der Waals surface area contributed by atoms with Crippen LogP contribution in [0.1, 0.15) is 12.6 Å². The second-order valence-electron chi connectivity index (χ2n) is 3.80. The van der Waals surface area contributed by atoms with Gasteiger partial charge >= 0.3 is 0 Å². The van der Waals surface area contributed by atoms with Gasteiger partial charge in [-0.1, -0.05) is 18.2 Å². The molecule has 1 aromatic heterocycles. The van der Waals surface area contributed by atoms with E-state index in [2.05, 4.69) is 4.98 Å². The summed E-state index contributed by atoms with van der Waals surface area (Å²) in [6.45, 7) is 2.81. The molecule has 0 atom stereocenters. The Morgan fingerprint density at radius 1 is 1.22 bits per heavy atom. The molecule has 0 aliphatic rings. The molecule has 0 saturated carbocycles. The van der Waals surface area contributed by atoms with Gasteiger partial charge in [-0.2, -0.15) is 5.26 Å². The molecule has 0 radical (unpaired) electrons. The fraction of sp³-hybridized carbons (Fsp3) is 0.143. The Morgan fingerprint density at radius 3 is 2.56 bits per heavy atom. The zero-order valence-corrected chi connectivity index (χ0v) is 10.2. The summed E-state index contributed by atoms with van der Waals surface area (Å²) in [5.41, 5.74) is 7.39. The van der Waals surface area contributed by atoms with E-state index in [-0.39, 0.29) is 5.69 Å². The Kier molecular flexibility index (Phi) is 3.44. The van der Waals surface area contributed by atoms with Crippen molar-refractivity contribution in [3.63, 3.8) is 0 Å². The lowest BCUT2D eigenvalue weighted by Gasteiger charge is -2.22. The Labute approximate surface area is 106 Å². The first-order valence-corrected chi connectivity index (χ1v) is 5.75. The smallest absolute Gasteiger partial charge is 0.165 e. The molecule has 0 bridgehead atoms. The van der Waals surface area contributed by atoms with E-state index < -0.39 is 0 Å². The second kappa shape index (κ2) is 5.19. The van der Waals surface area contributed by atoms with Crippen LogP contribution in [0.5, 0.6) is 0 Å². The molecule has 0 spiro atoms. The summed E-state index contributed by atoms with van der Waals surface area (Å²) in [4.78, 5) is 6.31. The highest BCUT2D eigenvalue weighted by Crippen LogP contribution is 2.24. The fourth-order valence-electron chi connectivity index (χ4n) is 1.78. The normalized spacial score (nSPS) is 9.78. The van der Waals surface area contributed by atoms with Gasteiger partial charge in [-0.15, -0.1) is 0 Å². The van der Waals surface area contributed by atoms with Crippen molar-refractivity contribution in [3.05, 3.63) is 48.2 Å². The van der Waals surface area contributed by atoms with E-state index in [1.807, 2.05) is 54.3 Å². The molecule has 0 saturated heterocycles. The maximum atomic E-state index is 8.96. The van der Waals surface area contributed by atoms with Crippen molar-refractivity contribution in [2.45, 2.75) is 6.92 Å². The zero-order valence-electron chi connectivity index (χ0n) is 10.2. The number of hydrogen-bond acceptors (Lipinski definition) is 4. The summed E-state index contributed by atoms with van der Waals surface area (Å²) in [5.74, 6) is 0.731. The van der Waals surface area contributed by atoms with Crippen LogP contribution in [-0.2, 0) is 0 Å². The van der Waals surface area contributed by atoms with Gasteiger partial charge in [-0.3, -0.25) is 0 Å². The Bertz CT molecular complexity index is 572. The first-order valence-electron chi connectivity index (χ1n) is 5.75. The van der Waals surface area contributed by atoms with E-state index in [0.717, 1.165) is 18.1 Å². The van der Waals surface area contributed by atoms with Crippen LogP contribution in [0.25, 0.3) is 0 Å². The van der Waals surface area contributed by atoms with Gasteiger partial charge in [0.15, 0.2) is 5.69 Å². The summed E-state index contributed by atoms with van der Waals surface area (Å²) in [6.07, 6.45) is 0. The predicted octanol–water partition coefficient (Wildman–Crippen LogP) is 2.69. The van der Waals surface area contributed by atoms with Crippen molar-refractivity contribution < 1.29 is 0 Å². The molecule has 4 nitrogen and oxygen atoms in total. The lowest BCUT2D eigenvalue weighted by Crippen LogP contribution is -2.17. The SMILES string of the molecule is CCN(c1ccccc1)c1ccc(N)c(C#N)n1. The molecule has 2 N–H and O–H groups in total. The third-order valence-electron chi connectivity index (χ3n) is 2.68. The average molecular weight is 238 g/mol. The number of aromatic nitrogens is 1. The minimum Gasteiger partial charge on any atom is -0.396 e. The molecular weight excluding hydrogens is 224 g/mol. The van der Waals surface area contributed by atoms with Crippen molar-refractivity contribution in [2.24, 2.45) is 0 Å². The standard InChI is InChI=1S/C14H14N4/c1-2-18(11-6-4-3-5-7-11)14-9-8-12(16)13(10-15)17-14/h3-9H,2,16H2,1H3. The largest absolute Gasteiger partial charge is 0.396 e. The van der Waals surface area contributed by atoms with Crippen LogP contribution < -0.4 is 10.6 Å². The van der Waals surface area contributed by atoms with Crippen molar-refractivity contribution in [1.82, 2.24) is 4.98 Å². The van der Waals surface area contributed by atoms with Gasteiger partial charge < -0.3 is 10.6 Å². The topological polar surface area (TPSA) is 65.9 Å². The maximum Gasteiger partial charge on any atom is 0.165 e.